The zero-order chi connectivity index (χ0) is 21.3. The number of ether oxygens (including phenoxy) is 2. The molecule has 0 aliphatic carbocycles. The molecule has 0 N–H and O–H groups in total. The quantitative estimate of drug-likeness (QED) is 0.573. The number of carbonyl (C=O) groups is 1. The number of nitrogens with zero attached hydrogens (tertiary/aromatic N) is 3. The zero-order valence-electron chi connectivity index (χ0n) is 16.4. The smallest absolute Gasteiger partial charge is 0.232 e. The molecule has 4 rings (SSSR count). The minimum Gasteiger partial charge on any atom is -0.493 e. The first kappa shape index (κ1) is 20.2. The largest absolute Gasteiger partial charge is 0.493 e. The van der Waals surface area contributed by atoms with Crippen LogP contribution in [0.3, 0.4) is 0 Å². The minimum absolute atomic E-state index is 0.168. The Hall–Kier alpha value is -3.13. The fraction of sp³-hybridized carbons (Fsp3) is 0.286. The average Bonchev–Trinajstić information content (AvgIpc) is 3.37. The van der Waals surface area contributed by atoms with Gasteiger partial charge in [0, 0.05) is 18.5 Å². The number of halogens is 2. The van der Waals surface area contributed by atoms with Crippen LogP contribution in [-0.2, 0) is 4.79 Å². The number of methoxy groups -OCH3 is 1. The molecule has 9 heteroatoms. The van der Waals surface area contributed by atoms with E-state index in [1.54, 1.807) is 25.3 Å². The summed E-state index contributed by atoms with van der Waals surface area (Å²) >= 11 is 6.15. The van der Waals surface area contributed by atoms with Crippen LogP contribution in [0.5, 0.6) is 11.5 Å². The molecule has 1 aliphatic rings. The maximum Gasteiger partial charge on any atom is 0.232 e. The molecule has 0 spiro atoms. The lowest BCUT2D eigenvalue weighted by Crippen LogP contribution is -2.24. The van der Waals surface area contributed by atoms with Crippen LogP contribution in [0.1, 0.15) is 25.2 Å². The summed E-state index contributed by atoms with van der Waals surface area (Å²) in [6.45, 7) is 2.68. The second-order valence-electron chi connectivity index (χ2n) is 6.76. The lowest BCUT2D eigenvalue weighted by atomic mass is 10.1. The monoisotopic (exact) mass is 431 g/mol. The lowest BCUT2D eigenvalue weighted by Gasteiger charge is -2.17. The van der Waals surface area contributed by atoms with Gasteiger partial charge in [-0.05, 0) is 43.3 Å². The Balaban J connectivity index is 1.56. The molecule has 1 amide bonds. The summed E-state index contributed by atoms with van der Waals surface area (Å²) < 4.78 is 29.9. The van der Waals surface area contributed by atoms with Crippen LogP contribution in [-0.4, -0.2) is 36.3 Å². The van der Waals surface area contributed by atoms with E-state index in [-0.39, 0.29) is 24.8 Å². The average molecular weight is 432 g/mol. The molecule has 0 saturated carbocycles. The predicted molar refractivity (Wildman–Crippen MR) is 109 cm³/mol. The van der Waals surface area contributed by atoms with E-state index < -0.39 is 5.82 Å². The van der Waals surface area contributed by atoms with Gasteiger partial charge in [0.25, 0.3) is 0 Å². The van der Waals surface area contributed by atoms with E-state index in [4.69, 9.17) is 25.6 Å². The molecular weight excluding hydrogens is 413 g/mol. The van der Waals surface area contributed by atoms with Crippen molar-refractivity contribution in [1.29, 1.82) is 0 Å². The van der Waals surface area contributed by atoms with Gasteiger partial charge >= 0.3 is 0 Å². The number of carbonyl (C=O) groups excluding carboxylic acids is 1. The maximum absolute atomic E-state index is 13.6. The molecule has 1 aliphatic heterocycles. The molecule has 0 radical (unpaired) electrons. The molecule has 7 nitrogen and oxygen atoms in total. The minimum atomic E-state index is -0.463. The number of aromatic nitrogens is 2. The second kappa shape index (κ2) is 8.31. The van der Waals surface area contributed by atoms with Gasteiger partial charge in [0.1, 0.15) is 5.82 Å². The standard InChI is InChI=1S/C21H19ClFN3O4/c1-3-29-17-7-4-12(8-18(17)28-2)20-24-21(30-25-20)13-9-19(27)26(11-13)16-10-14(23)5-6-15(16)22/h4-8,10,13H,3,9,11H2,1-2H3. The van der Waals surface area contributed by atoms with Gasteiger partial charge in [-0.15, -0.1) is 0 Å². The van der Waals surface area contributed by atoms with Crippen LogP contribution >= 0.6 is 11.6 Å². The first-order chi connectivity index (χ1) is 14.5. The summed E-state index contributed by atoms with van der Waals surface area (Å²) in [5.74, 6) is 0.926. The molecule has 1 aromatic heterocycles. The number of amides is 1. The summed E-state index contributed by atoms with van der Waals surface area (Å²) in [6.07, 6.45) is 0.168. The van der Waals surface area contributed by atoms with Crippen molar-refractivity contribution in [2.45, 2.75) is 19.3 Å². The SMILES string of the molecule is CCOc1ccc(-c2noc(C3CC(=O)N(c4cc(F)ccc4Cl)C3)n2)cc1OC. The van der Waals surface area contributed by atoms with Crippen molar-refractivity contribution in [2.24, 2.45) is 0 Å². The van der Waals surface area contributed by atoms with Crippen LogP contribution in [0.15, 0.2) is 40.9 Å². The summed E-state index contributed by atoms with van der Waals surface area (Å²) in [5.41, 5.74) is 1.03. The zero-order valence-corrected chi connectivity index (χ0v) is 17.1. The molecule has 3 aromatic rings. The fourth-order valence-electron chi connectivity index (χ4n) is 3.40. The van der Waals surface area contributed by atoms with E-state index in [1.807, 2.05) is 6.92 Å². The third-order valence-corrected chi connectivity index (χ3v) is 5.16. The van der Waals surface area contributed by atoms with Gasteiger partial charge in [-0.1, -0.05) is 16.8 Å². The van der Waals surface area contributed by atoms with Crippen molar-refractivity contribution < 1.29 is 23.2 Å². The van der Waals surface area contributed by atoms with Crippen molar-refractivity contribution in [3.05, 3.63) is 53.1 Å². The van der Waals surface area contributed by atoms with Crippen molar-refractivity contribution in [1.82, 2.24) is 10.1 Å². The number of hydrogen-bond acceptors (Lipinski definition) is 6. The first-order valence-corrected chi connectivity index (χ1v) is 9.78. The van der Waals surface area contributed by atoms with Crippen molar-refractivity contribution in [2.75, 3.05) is 25.2 Å². The van der Waals surface area contributed by atoms with Gasteiger partial charge in [-0.2, -0.15) is 4.98 Å². The molecule has 30 heavy (non-hydrogen) atoms. The van der Waals surface area contributed by atoms with Gasteiger partial charge in [-0.25, -0.2) is 4.39 Å². The van der Waals surface area contributed by atoms with Crippen LogP contribution in [0, 0.1) is 5.82 Å². The van der Waals surface area contributed by atoms with E-state index >= 15 is 0 Å². The molecule has 1 saturated heterocycles. The topological polar surface area (TPSA) is 77.7 Å². The van der Waals surface area contributed by atoms with Gasteiger partial charge in [0.2, 0.25) is 17.6 Å². The predicted octanol–water partition coefficient (Wildman–Crippen LogP) is 4.46. The van der Waals surface area contributed by atoms with Crippen molar-refractivity contribution in [3.63, 3.8) is 0 Å². The van der Waals surface area contributed by atoms with Crippen molar-refractivity contribution >= 4 is 23.2 Å². The van der Waals surface area contributed by atoms with Gasteiger partial charge in [-0.3, -0.25) is 4.79 Å². The van der Waals surface area contributed by atoms with Crippen LogP contribution in [0.4, 0.5) is 10.1 Å². The van der Waals surface area contributed by atoms with E-state index in [0.29, 0.717) is 46.1 Å². The lowest BCUT2D eigenvalue weighted by molar-refractivity contribution is -0.117. The van der Waals surface area contributed by atoms with Gasteiger partial charge in [0.05, 0.1) is 30.3 Å². The molecule has 156 valence electrons. The molecule has 0 bridgehead atoms. The summed E-state index contributed by atoms with van der Waals surface area (Å²) in [6, 6.07) is 9.27. The number of anilines is 1. The third-order valence-electron chi connectivity index (χ3n) is 4.84. The van der Waals surface area contributed by atoms with E-state index in [9.17, 15) is 9.18 Å². The summed E-state index contributed by atoms with van der Waals surface area (Å²) in [7, 11) is 1.56. The molecule has 1 fully saturated rings. The van der Waals surface area contributed by atoms with E-state index in [2.05, 4.69) is 10.1 Å². The number of rotatable bonds is 6. The molecule has 2 heterocycles. The van der Waals surface area contributed by atoms with Gasteiger partial charge < -0.3 is 18.9 Å². The third kappa shape index (κ3) is 3.82. The maximum atomic E-state index is 13.6. The highest BCUT2D eigenvalue weighted by molar-refractivity contribution is 6.33. The van der Waals surface area contributed by atoms with Crippen molar-refractivity contribution in [3.8, 4) is 22.9 Å². The first-order valence-electron chi connectivity index (χ1n) is 9.40. The Kier molecular flexibility index (Phi) is 5.59. The fourth-order valence-corrected chi connectivity index (χ4v) is 3.62. The highest BCUT2D eigenvalue weighted by Crippen LogP contribution is 2.36. The highest BCUT2D eigenvalue weighted by Gasteiger charge is 2.36. The number of hydrogen-bond donors (Lipinski definition) is 0. The molecule has 2 aromatic carbocycles. The Labute approximate surface area is 177 Å². The Morgan fingerprint density at radius 3 is 2.87 bits per heavy atom. The summed E-state index contributed by atoms with van der Waals surface area (Å²) in [5, 5.41) is 4.34. The number of benzene rings is 2. The highest BCUT2D eigenvalue weighted by atomic mass is 35.5. The molecular formula is C21H19ClFN3O4. The summed E-state index contributed by atoms with van der Waals surface area (Å²) in [4.78, 5) is 18.4. The Morgan fingerprint density at radius 2 is 2.10 bits per heavy atom. The Bertz CT molecular complexity index is 1090. The van der Waals surface area contributed by atoms with Gasteiger partial charge in [0.15, 0.2) is 11.5 Å². The van der Waals surface area contributed by atoms with E-state index in [1.165, 1.54) is 23.1 Å². The van der Waals surface area contributed by atoms with Crippen LogP contribution in [0.2, 0.25) is 5.02 Å². The van der Waals surface area contributed by atoms with Crippen LogP contribution in [0.25, 0.3) is 11.4 Å². The molecule has 1 unspecified atom stereocenters. The Morgan fingerprint density at radius 1 is 1.27 bits per heavy atom. The molecule has 1 atom stereocenters. The van der Waals surface area contributed by atoms with Crippen LogP contribution < -0.4 is 14.4 Å². The second-order valence-corrected chi connectivity index (χ2v) is 7.16. The normalized spacial score (nSPS) is 16.2. The van der Waals surface area contributed by atoms with E-state index in [0.717, 1.165) is 0 Å².